The molecule has 1 saturated heterocycles. The minimum Gasteiger partial charge on any atom is -0.384 e. The highest BCUT2D eigenvalue weighted by Crippen LogP contribution is 2.24. The second-order valence-corrected chi connectivity index (χ2v) is 6.54. The number of fused-ring (bicyclic) bond motifs is 1. The van der Waals surface area contributed by atoms with Crippen molar-refractivity contribution in [1.29, 1.82) is 0 Å². The highest BCUT2D eigenvalue weighted by atomic mass is 16.2. The van der Waals surface area contributed by atoms with Crippen molar-refractivity contribution < 1.29 is 4.79 Å². The number of rotatable bonds is 3. The predicted molar refractivity (Wildman–Crippen MR) is 85.8 cm³/mol. The number of nitrogens with one attached hydrogen (secondary N) is 1. The number of amides is 1. The fraction of sp³-hybridized carbons (Fsp3) is 0.588. The third-order valence-corrected chi connectivity index (χ3v) is 4.35. The second kappa shape index (κ2) is 6.06. The molecule has 1 fully saturated rings. The Morgan fingerprint density at radius 3 is 2.71 bits per heavy atom. The second-order valence-electron chi connectivity index (χ2n) is 6.54. The fourth-order valence-electron chi connectivity index (χ4n) is 3.26. The molecule has 1 aromatic rings. The first kappa shape index (κ1) is 14.4. The average Bonchev–Trinajstić information content (AvgIpc) is 2.94. The Bertz CT molecular complexity index is 519. The van der Waals surface area contributed by atoms with E-state index in [-0.39, 0.29) is 5.91 Å². The zero-order chi connectivity index (χ0) is 14.8. The highest BCUT2D eigenvalue weighted by Gasteiger charge is 2.23. The molecule has 4 heteroatoms. The van der Waals surface area contributed by atoms with Crippen LogP contribution in [0.3, 0.4) is 0 Å². The Labute approximate surface area is 127 Å². The van der Waals surface area contributed by atoms with Crippen LogP contribution in [-0.4, -0.2) is 55.0 Å². The zero-order valence-corrected chi connectivity index (χ0v) is 13.1. The van der Waals surface area contributed by atoms with E-state index in [2.05, 4.69) is 30.1 Å². The summed E-state index contributed by atoms with van der Waals surface area (Å²) in [7, 11) is 0. The molecule has 114 valence electrons. The fourth-order valence-corrected chi connectivity index (χ4v) is 3.26. The molecule has 1 amide bonds. The first-order valence-electron chi connectivity index (χ1n) is 8.02. The van der Waals surface area contributed by atoms with Gasteiger partial charge in [-0.1, -0.05) is 19.9 Å². The minimum absolute atomic E-state index is 0.177. The summed E-state index contributed by atoms with van der Waals surface area (Å²) in [4.78, 5) is 17.1. The van der Waals surface area contributed by atoms with Gasteiger partial charge in [0.2, 0.25) is 0 Å². The van der Waals surface area contributed by atoms with Gasteiger partial charge in [-0.05, 0) is 30.0 Å². The van der Waals surface area contributed by atoms with Crippen molar-refractivity contribution in [2.75, 3.05) is 44.6 Å². The van der Waals surface area contributed by atoms with E-state index in [4.69, 9.17) is 0 Å². The maximum absolute atomic E-state index is 12.6. The van der Waals surface area contributed by atoms with E-state index in [1.165, 1.54) is 5.56 Å². The zero-order valence-electron chi connectivity index (χ0n) is 13.1. The van der Waals surface area contributed by atoms with Crippen molar-refractivity contribution in [2.45, 2.75) is 20.3 Å². The van der Waals surface area contributed by atoms with Gasteiger partial charge in [-0.15, -0.1) is 0 Å². The van der Waals surface area contributed by atoms with Crippen molar-refractivity contribution >= 4 is 11.6 Å². The van der Waals surface area contributed by atoms with E-state index in [0.29, 0.717) is 5.92 Å². The normalized spacial score (nSPS) is 18.7. The lowest BCUT2D eigenvalue weighted by Gasteiger charge is -2.35. The monoisotopic (exact) mass is 287 g/mol. The quantitative estimate of drug-likeness (QED) is 0.924. The van der Waals surface area contributed by atoms with E-state index in [9.17, 15) is 4.79 Å². The molecule has 0 bridgehead atoms. The van der Waals surface area contributed by atoms with Crippen molar-refractivity contribution in [1.82, 2.24) is 9.80 Å². The number of anilines is 1. The molecule has 4 nitrogen and oxygen atoms in total. The molecular formula is C17H25N3O. The summed E-state index contributed by atoms with van der Waals surface area (Å²) in [6, 6.07) is 6.09. The van der Waals surface area contributed by atoms with E-state index in [1.807, 2.05) is 17.0 Å². The highest BCUT2D eigenvalue weighted by molar-refractivity contribution is 5.95. The summed E-state index contributed by atoms with van der Waals surface area (Å²) in [6.45, 7) is 10.3. The van der Waals surface area contributed by atoms with Gasteiger partial charge >= 0.3 is 0 Å². The van der Waals surface area contributed by atoms with Gasteiger partial charge in [0, 0.05) is 50.5 Å². The van der Waals surface area contributed by atoms with Crippen molar-refractivity contribution in [3.63, 3.8) is 0 Å². The smallest absolute Gasteiger partial charge is 0.254 e. The number of piperazine rings is 1. The molecule has 0 saturated carbocycles. The molecule has 2 aliphatic rings. The summed E-state index contributed by atoms with van der Waals surface area (Å²) in [5.74, 6) is 0.866. The molecule has 0 aliphatic carbocycles. The van der Waals surface area contributed by atoms with Gasteiger partial charge in [0.05, 0.1) is 0 Å². The van der Waals surface area contributed by atoms with Gasteiger partial charge in [-0.25, -0.2) is 0 Å². The van der Waals surface area contributed by atoms with E-state index >= 15 is 0 Å². The summed E-state index contributed by atoms with van der Waals surface area (Å²) in [6.07, 6.45) is 1.07. The number of hydrogen-bond acceptors (Lipinski definition) is 3. The van der Waals surface area contributed by atoms with Gasteiger partial charge in [0.25, 0.3) is 5.91 Å². The van der Waals surface area contributed by atoms with Gasteiger partial charge in [0.15, 0.2) is 0 Å². The van der Waals surface area contributed by atoms with Crippen LogP contribution in [0.1, 0.15) is 29.8 Å². The van der Waals surface area contributed by atoms with Gasteiger partial charge in [-0.2, -0.15) is 0 Å². The topological polar surface area (TPSA) is 35.6 Å². The third-order valence-electron chi connectivity index (χ3n) is 4.35. The van der Waals surface area contributed by atoms with Crippen molar-refractivity contribution in [3.05, 3.63) is 29.3 Å². The lowest BCUT2D eigenvalue weighted by Crippen LogP contribution is -2.49. The predicted octanol–water partition coefficient (Wildman–Crippen LogP) is 2.07. The molecule has 0 atom stereocenters. The van der Waals surface area contributed by atoms with Crippen LogP contribution in [0.4, 0.5) is 5.69 Å². The molecule has 2 heterocycles. The summed E-state index contributed by atoms with van der Waals surface area (Å²) in [5, 5.41) is 3.35. The van der Waals surface area contributed by atoms with Gasteiger partial charge < -0.3 is 10.2 Å². The first-order valence-corrected chi connectivity index (χ1v) is 8.02. The van der Waals surface area contributed by atoms with E-state index in [0.717, 1.165) is 56.9 Å². The summed E-state index contributed by atoms with van der Waals surface area (Å²) < 4.78 is 0. The van der Waals surface area contributed by atoms with Crippen molar-refractivity contribution in [3.8, 4) is 0 Å². The third kappa shape index (κ3) is 3.21. The Balaban J connectivity index is 1.61. The van der Waals surface area contributed by atoms with Crippen LogP contribution in [0.25, 0.3) is 0 Å². The molecule has 21 heavy (non-hydrogen) atoms. The number of hydrogen-bond donors (Lipinski definition) is 1. The van der Waals surface area contributed by atoms with Crippen LogP contribution >= 0.6 is 0 Å². The molecule has 0 spiro atoms. The Morgan fingerprint density at radius 1 is 1.24 bits per heavy atom. The molecular weight excluding hydrogens is 262 g/mol. The largest absolute Gasteiger partial charge is 0.384 e. The lowest BCUT2D eigenvalue weighted by atomic mass is 10.1. The van der Waals surface area contributed by atoms with Gasteiger partial charge in [0.1, 0.15) is 0 Å². The first-order chi connectivity index (χ1) is 10.1. The minimum atomic E-state index is 0.177. The van der Waals surface area contributed by atoms with Crippen LogP contribution in [0.2, 0.25) is 0 Å². The van der Waals surface area contributed by atoms with E-state index in [1.54, 1.807) is 0 Å². The Hall–Kier alpha value is -1.55. The summed E-state index contributed by atoms with van der Waals surface area (Å²) in [5.41, 5.74) is 3.29. The number of carbonyl (C=O) groups is 1. The maximum atomic E-state index is 12.6. The molecule has 3 rings (SSSR count). The number of carbonyl (C=O) groups excluding carboxylic acids is 1. The molecule has 0 unspecified atom stereocenters. The summed E-state index contributed by atoms with van der Waals surface area (Å²) >= 11 is 0. The molecule has 1 N–H and O–H groups in total. The molecule has 1 aromatic carbocycles. The number of nitrogens with zero attached hydrogens (tertiary/aromatic N) is 2. The van der Waals surface area contributed by atoms with Crippen LogP contribution in [0, 0.1) is 5.92 Å². The SMILES string of the molecule is CC(C)CN1CCN(C(=O)c2ccc3c(c2)NCC3)CC1. The van der Waals surface area contributed by atoms with Crippen LogP contribution < -0.4 is 5.32 Å². The van der Waals surface area contributed by atoms with Crippen LogP contribution in [-0.2, 0) is 6.42 Å². The van der Waals surface area contributed by atoms with E-state index < -0.39 is 0 Å². The average molecular weight is 287 g/mol. The molecule has 0 aromatic heterocycles. The Morgan fingerprint density at radius 2 is 2.00 bits per heavy atom. The lowest BCUT2D eigenvalue weighted by molar-refractivity contribution is 0.0624. The van der Waals surface area contributed by atoms with Gasteiger partial charge in [-0.3, -0.25) is 9.69 Å². The molecule has 2 aliphatic heterocycles. The molecule has 0 radical (unpaired) electrons. The standard InChI is InChI=1S/C17H25N3O/c1-13(2)12-19-7-9-20(10-8-19)17(21)15-4-3-14-5-6-18-16(14)11-15/h3-4,11,13,18H,5-10,12H2,1-2H3. The number of benzene rings is 1. The van der Waals surface area contributed by atoms with Crippen molar-refractivity contribution in [2.24, 2.45) is 5.92 Å². The Kier molecular flexibility index (Phi) is 4.15. The maximum Gasteiger partial charge on any atom is 0.254 e. The van der Waals surface area contributed by atoms with Crippen LogP contribution in [0.15, 0.2) is 18.2 Å². The van der Waals surface area contributed by atoms with Crippen LogP contribution in [0.5, 0.6) is 0 Å².